The van der Waals surface area contributed by atoms with Crippen molar-refractivity contribution in [3.63, 3.8) is 0 Å². The predicted octanol–water partition coefficient (Wildman–Crippen LogP) is 5.40. The van der Waals surface area contributed by atoms with Gasteiger partial charge in [0.05, 0.1) is 21.7 Å². The Morgan fingerprint density at radius 3 is 2.53 bits per heavy atom. The number of halogens is 1. The number of rotatable bonds is 8. The van der Waals surface area contributed by atoms with Crippen molar-refractivity contribution in [1.82, 2.24) is 8.87 Å². The van der Waals surface area contributed by atoms with E-state index in [1.54, 1.807) is 7.05 Å². The van der Waals surface area contributed by atoms with E-state index >= 15 is 0 Å². The molecule has 36 heavy (non-hydrogen) atoms. The lowest BCUT2D eigenvalue weighted by atomic mass is 9.96. The molecule has 194 valence electrons. The van der Waals surface area contributed by atoms with E-state index in [2.05, 4.69) is 4.99 Å². The van der Waals surface area contributed by atoms with Crippen molar-refractivity contribution in [2.75, 3.05) is 20.3 Å². The summed E-state index contributed by atoms with van der Waals surface area (Å²) in [5, 5.41) is 0.651. The highest BCUT2D eigenvalue weighted by molar-refractivity contribution is 7.89. The highest BCUT2D eigenvalue weighted by atomic mass is 35.5. The number of hydrogen-bond acceptors (Lipinski definition) is 5. The van der Waals surface area contributed by atoms with Crippen LogP contribution < -0.4 is 4.80 Å². The normalized spacial score (nSPS) is 15.8. The van der Waals surface area contributed by atoms with Gasteiger partial charge in [0, 0.05) is 36.8 Å². The van der Waals surface area contributed by atoms with Crippen molar-refractivity contribution in [1.29, 1.82) is 0 Å². The van der Waals surface area contributed by atoms with E-state index in [1.807, 2.05) is 30.5 Å². The first-order chi connectivity index (χ1) is 17.2. The first kappa shape index (κ1) is 27.0. The lowest BCUT2D eigenvalue weighted by molar-refractivity contribution is 0.0996. The van der Waals surface area contributed by atoms with Crippen molar-refractivity contribution in [2.45, 2.75) is 63.4 Å². The maximum atomic E-state index is 13.1. The molecule has 3 aromatic rings. The zero-order valence-electron chi connectivity index (χ0n) is 20.9. The van der Waals surface area contributed by atoms with E-state index in [0.29, 0.717) is 35.1 Å². The van der Waals surface area contributed by atoms with Crippen LogP contribution >= 0.6 is 22.9 Å². The van der Waals surface area contributed by atoms with E-state index in [1.165, 1.54) is 39.9 Å². The van der Waals surface area contributed by atoms with E-state index < -0.39 is 15.9 Å². The summed E-state index contributed by atoms with van der Waals surface area (Å²) in [6.07, 6.45) is 5.02. The van der Waals surface area contributed by atoms with Crippen LogP contribution in [0.15, 0.2) is 46.3 Å². The number of nitrogens with zero attached hydrogens (tertiary/aromatic N) is 3. The van der Waals surface area contributed by atoms with Crippen LogP contribution in [0.1, 0.15) is 54.9 Å². The number of thiazole rings is 1. The Morgan fingerprint density at radius 2 is 1.86 bits per heavy atom. The SMILES string of the molecule is CCOCCn1c(=NC(=O)c2ccc(S(=O)(=O)N(C)C3CCCCC3)cc2)sc2ccc(Cl)c(C)c21. The number of hydrogen-bond donors (Lipinski definition) is 0. The minimum Gasteiger partial charge on any atom is -0.380 e. The van der Waals surface area contributed by atoms with Crippen LogP contribution in [0, 0.1) is 6.92 Å². The average Bonchev–Trinajstić information content (AvgIpc) is 3.24. The molecule has 1 aromatic heterocycles. The molecule has 0 unspecified atom stereocenters. The summed E-state index contributed by atoms with van der Waals surface area (Å²) in [5.41, 5.74) is 2.19. The maximum absolute atomic E-state index is 13.1. The molecule has 0 N–H and O–H groups in total. The first-order valence-electron chi connectivity index (χ1n) is 12.3. The Bertz CT molecular complexity index is 1410. The fraction of sp³-hybridized carbons (Fsp3) is 0.462. The summed E-state index contributed by atoms with van der Waals surface area (Å²) in [5.74, 6) is -0.431. The van der Waals surface area contributed by atoms with Gasteiger partial charge in [-0.25, -0.2) is 8.42 Å². The van der Waals surface area contributed by atoms with E-state index in [-0.39, 0.29) is 10.9 Å². The van der Waals surface area contributed by atoms with Crippen LogP contribution in [-0.4, -0.2) is 49.5 Å². The van der Waals surface area contributed by atoms with Gasteiger partial charge >= 0.3 is 0 Å². The highest BCUT2D eigenvalue weighted by Gasteiger charge is 2.29. The van der Waals surface area contributed by atoms with Gasteiger partial charge < -0.3 is 9.30 Å². The van der Waals surface area contributed by atoms with Crippen molar-refractivity contribution < 1.29 is 17.9 Å². The van der Waals surface area contributed by atoms with Gasteiger partial charge in [-0.15, -0.1) is 0 Å². The van der Waals surface area contributed by atoms with Crippen molar-refractivity contribution >= 4 is 49.1 Å². The Hall–Kier alpha value is -2.04. The summed E-state index contributed by atoms with van der Waals surface area (Å²) in [6.45, 7) is 5.50. The minimum atomic E-state index is -3.62. The molecule has 1 saturated carbocycles. The molecule has 4 rings (SSSR count). The molecular weight excluding hydrogens is 518 g/mol. The van der Waals surface area contributed by atoms with Gasteiger partial charge in [-0.2, -0.15) is 9.30 Å². The molecule has 0 bridgehead atoms. The Balaban J connectivity index is 1.63. The third-order valence-electron chi connectivity index (χ3n) is 6.76. The Morgan fingerprint density at radius 1 is 1.17 bits per heavy atom. The first-order valence-corrected chi connectivity index (χ1v) is 14.9. The number of benzene rings is 2. The van der Waals surface area contributed by atoms with E-state index in [4.69, 9.17) is 16.3 Å². The van der Waals surface area contributed by atoms with Gasteiger partial charge in [0.25, 0.3) is 5.91 Å². The molecule has 1 fully saturated rings. The molecule has 1 amide bonds. The summed E-state index contributed by atoms with van der Waals surface area (Å²) >= 11 is 7.78. The Labute approximate surface area is 221 Å². The minimum absolute atomic E-state index is 0.0251. The number of carbonyl (C=O) groups is 1. The monoisotopic (exact) mass is 549 g/mol. The number of fused-ring (bicyclic) bond motifs is 1. The summed E-state index contributed by atoms with van der Waals surface area (Å²) in [6, 6.07) is 9.86. The van der Waals surface area contributed by atoms with E-state index in [0.717, 1.165) is 47.9 Å². The quantitative estimate of drug-likeness (QED) is 0.352. The molecular formula is C26H32ClN3O4S2. The second-order valence-electron chi connectivity index (χ2n) is 9.01. The van der Waals surface area contributed by atoms with Gasteiger partial charge in [0.15, 0.2) is 4.80 Å². The van der Waals surface area contributed by atoms with Crippen molar-refractivity contribution in [3.05, 3.63) is 57.3 Å². The van der Waals surface area contributed by atoms with Crippen LogP contribution in [0.2, 0.25) is 5.02 Å². The Kier molecular flexibility index (Phi) is 8.67. The lowest BCUT2D eigenvalue weighted by Gasteiger charge is -2.30. The zero-order valence-corrected chi connectivity index (χ0v) is 23.3. The zero-order chi connectivity index (χ0) is 25.9. The second kappa shape index (κ2) is 11.6. The fourth-order valence-corrected chi connectivity index (χ4v) is 7.32. The number of sulfonamides is 1. The summed E-state index contributed by atoms with van der Waals surface area (Å²) < 4.78 is 36.2. The van der Waals surface area contributed by atoms with E-state index in [9.17, 15) is 13.2 Å². The molecule has 0 spiro atoms. The van der Waals surface area contributed by atoms with Crippen molar-refractivity contribution in [3.8, 4) is 0 Å². The predicted molar refractivity (Wildman–Crippen MR) is 144 cm³/mol. The van der Waals surface area contributed by atoms with Crippen molar-refractivity contribution in [2.24, 2.45) is 4.99 Å². The molecule has 1 aliphatic carbocycles. The highest BCUT2D eigenvalue weighted by Crippen LogP contribution is 2.28. The molecule has 0 atom stereocenters. The standard InChI is InChI=1S/C26H32ClN3O4S2/c1-4-34-17-16-30-24-18(2)22(27)14-15-23(24)35-26(30)28-25(31)19-10-12-21(13-11-19)36(32,33)29(3)20-8-6-5-7-9-20/h10-15,20H,4-9,16-17H2,1-3H3. The molecule has 2 aromatic carbocycles. The summed E-state index contributed by atoms with van der Waals surface area (Å²) in [7, 11) is -1.97. The van der Waals surface area contributed by atoms with Crippen LogP contribution in [0.25, 0.3) is 10.2 Å². The largest absolute Gasteiger partial charge is 0.380 e. The third kappa shape index (κ3) is 5.60. The van der Waals surface area contributed by atoms with Crippen LogP contribution in [0.3, 0.4) is 0 Å². The van der Waals surface area contributed by atoms with Crippen LogP contribution in [0.4, 0.5) is 0 Å². The number of aromatic nitrogens is 1. The third-order valence-corrected chi connectivity index (χ3v) is 10.1. The number of ether oxygens (including phenoxy) is 1. The van der Waals surface area contributed by atoms with Crippen LogP contribution in [0.5, 0.6) is 0 Å². The van der Waals surface area contributed by atoms with Gasteiger partial charge in [-0.05, 0) is 68.7 Å². The molecule has 0 aliphatic heterocycles. The lowest BCUT2D eigenvalue weighted by Crippen LogP contribution is -2.38. The molecule has 10 heteroatoms. The van der Waals surface area contributed by atoms with Crippen LogP contribution in [-0.2, 0) is 21.3 Å². The average molecular weight is 550 g/mol. The number of aryl methyl sites for hydroxylation is 1. The maximum Gasteiger partial charge on any atom is 0.279 e. The molecule has 7 nitrogen and oxygen atoms in total. The van der Waals surface area contributed by atoms with Gasteiger partial charge in [-0.1, -0.05) is 42.2 Å². The number of amides is 1. The van der Waals surface area contributed by atoms with Gasteiger partial charge in [-0.3, -0.25) is 4.79 Å². The topological polar surface area (TPSA) is 81.0 Å². The number of carbonyl (C=O) groups excluding carboxylic acids is 1. The summed E-state index contributed by atoms with van der Waals surface area (Å²) in [4.78, 5) is 18.2. The molecule has 1 aliphatic rings. The fourth-order valence-electron chi connectivity index (χ4n) is 4.64. The smallest absolute Gasteiger partial charge is 0.279 e. The molecule has 0 radical (unpaired) electrons. The molecule has 0 saturated heterocycles. The second-order valence-corrected chi connectivity index (χ2v) is 12.4. The van der Waals surface area contributed by atoms with Gasteiger partial charge in [0.1, 0.15) is 0 Å². The molecule has 1 heterocycles. The van der Waals surface area contributed by atoms with Gasteiger partial charge in [0.2, 0.25) is 10.0 Å².